The van der Waals surface area contributed by atoms with Crippen molar-refractivity contribution in [1.82, 2.24) is 10.2 Å². The standard InChI is InChI=1S/C17H19Cl2N3OS/c18-12-5-6-14(13(19)10-12)21-17(23)20-11-15(16-4-3-9-24-16)22-7-1-2-8-22/h3-6,9-10,15H,1-2,7-8,11H2,(H2,20,21,23)/t15-/m1/s1. The molecule has 1 saturated heterocycles. The van der Waals surface area contributed by atoms with Crippen LogP contribution in [0.3, 0.4) is 0 Å². The summed E-state index contributed by atoms with van der Waals surface area (Å²) in [6.45, 7) is 2.72. The number of urea groups is 1. The Labute approximate surface area is 155 Å². The van der Waals surface area contributed by atoms with Crippen molar-refractivity contribution in [2.45, 2.75) is 18.9 Å². The monoisotopic (exact) mass is 383 g/mol. The number of hydrogen-bond donors (Lipinski definition) is 2. The fourth-order valence-electron chi connectivity index (χ4n) is 2.89. The minimum Gasteiger partial charge on any atom is -0.336 e. The minimum atomic E-state index is -0.264. The van der Waals surface area contributed by atoms with Gasteiger partial charge in [-0.15, -0.1) is 11.3 Å². The van der Waals surface area contributed by atoms with Gasteiger partial charge in [0.2, 0.25) is 0 Å². The van der Waals surface area contributed by atoms with Crippen LogP contribution < -0.4 is 10.6 Å². The summed E-state index contributed by atoms with van der Waals surface area (Å²) in [5.41, 5.74) is 0.549. The molecule has 1 aliphatic rings. The summed E-state index contributed by atoms with van der Waals surface area (Å²) in [7, 11) is 0. The number of hydrogen-bond acceptors (Lipinski definition) is 3. The van der Waals surface area contributed by atoms with E-state index >= 15 is 0 Å². The van der Waals surface area contributed by atoms with Crippen molar-refractivity contribution in [2.75, 3.05) is 25.0 Å². The van der Waals surface area contributed by atoms with Gasteiger partial charge in [-0.2, -0.15) is 0 Å². The SMILES string of the molecule is O=C(NC[C@H](c1cccs1)N1CCCC1)Nc1ccc(Cl)cc1Cl. The van der Waals surface area contributed by atoms with Crippen molar-refractivity contribution in [3.05, 3.63) is 50.6 Å². The highest BCUT2D eigenvalue weighted by atomic mass is 35.5. The molecule has 24 heavy (non-hydrogen) atoms. The van der Waals surface area contributed by atoms with Crippen molar-refractivity contribution in [3.63, 3.8) is 0 Å². The summed E-state index contributed by atoms with van der Waals surface area (Å²) >= 11 is 13.7. The maximum Gasteiger partial charge on any atom is 0.319 e. The van der Waals surface area contributed by atoms with Gasteiger partial charge in [0, 0.05) is 16.4 Å². The van der Waals surface area contributed by atoms with E-state index in [0.717, 1.165) is 13.1 Å². The van der Waals surface area contributed by atoms with Crippen LogP contribution in [0.2, 0.25) is 10.0 Å². The predicted molar refractivity (Wildman–Crippen MR) is 101 cm³/mol. The Morgan fingerprint density at radius 3 is 2.71 bits per heavy atom. The van der Waals surface area contributed by atoms with Gasteiger partial charge in [0.15, 0.2) is 0 Å². The number of amides is 2. The topological polar surface area (TPSA) is 44.4 Å². The highest BCUT2D eigenvalue weighted by Gasteiger charge is 2.24. The second kappa shape index (κ2) is 8.21. The van der Waals surface area contributed by atoms with E-state index < -0.39 is 0 Å². The van der Waals surface area contributed by atoms with Crippen molar-refractivity contribution in [3.8, 4) is 0 Å². The fourth-order valence-corrected chi connectivity index (χ4v) is 4.21. The maximum absolute atomic E-state index is 12.2. The van der Waals surface area contributed by atoms with Crippen LogP contribution >= 0.6 is 34.5 Å². The molecule has 1 aliphatic heterocycles. The van der Waals surface area contributed by atoms with Crippen LogP contribution in [0.5, 0.6) is 0 Å². The number of nitrogens with zero attached hydrogens (tertiary/aromatic N) is 1. The number of carbonyl (C=O) groups excluding carboxylic acids is 1. The predicted octanol–water partition coefficient (Wildman–Crippen LogP) is 5.01. The molecular weight excluding hydrogens is 365 g/mol. The zero-order chi connectivity index (χ0) is 16.9. The van der Waals surface area contributed by atoms with Crippen LogP contribution in [-0.2, 0) is 0 Å². The summed E-state index contributed by atoms with van der Waals surface area (Å²) in [4.78, 5) is 15.9. The number of halogens is 2. The summed E-state index contributed by atoms with van der Waals surface area (Å²) in [6, 6.07) is 9.14. The van der Waals surface area contributed by atoms with Gasteiger partial charge in [0.1, 0.15) is 0 Å². The van der Waals surface area contributed by atoms with E-state index in [1.54, 1.807) is 29.5 Å². The molecule has 0 spiro atoms. The molecule has 2 heterocycles. The van der Waals surface area contributed by atoms with Crippen molar-refractivity contribution in [1.29, 1.82) is 0 Å². The van der Waals surface area contributed by atoms with E-state index in [4.69, 9.17) is 23.2 Å². The van der Waals surface area contributed by atoms with Crippen LogP contribution in [0.15, 0.2) is 35.7 Å². The Bertz CT molecular complexity index is 687. The van der Waals surface area contributed by atoms with Gasteiger partial charge in [-0.25, -0.2) is 4.79 Å². The number of anilines is 1. The molecule has 1 fully saturated rings. The van der Waals surface area contributed by atoms with Crippen molar-refractivity contribution in [2.24, 2.45) is 0 Å². The van der Waals surface area contributed by atoms with Gasteiger partial charge >= 0.3 is 6.03 Å². The Hall–Kier alpha value is -1.27. The van der Waals surface area contributed by atoms with E-state index in [0.29, 0.717) is 22.3 Å². The summed E-state index contributed by atoms with van der Waals surface area (Å²) in [5, 5.41) is 8.77. The molecule has 4 nitrogen and oxygen atoms in total. The summed E-state index contributed by atoms with van der Waals surface area (Å²) in [6.07, 6.45) is 2.43. The lowest BCUT2D eigenvalue weighted by atomic mass is 10.2. The summed E-state index contributed by atoms with van der Waals surface area (Å²) in [5.74, 6) is 0. The largest absolute Gasteiger partial charge is 0.336 e. The molecule has 2 N–H and O–H groups in total. The van der Waals surface area contributed by atoms with E-state index in [1.807, 2.05) is 0 Å². The Kier molecular flexibility index (Phi) is 6.00. The lowest BCUT2D eigenvalue weighted by Gasteiger charge is -2.27. The van der Waals surface area contributed by atoms with Crippen LogP contribution in [-0.4, -0.2) is 30.6 Å². The van der Waals surface area contributed by atoms with Crippen molar-refractivity contribution < 1.29 is 4.79 Å². The zero-order valence-corrected chi connectivity index (χ0v) is 15.4. The molecule has 0 radical (unpaired) electrons. The van der Waals surface area contributed by atoms with Crippen LogP contribution in [0.1, 0.15) is 23.8 Å². The number of thiophene rings is 1. The normalized spacial score (nSPS) is 16.1. The Balaban J connectivity index is 1.60. The molecule has 1 aromatic carbocycles. The fraction of sp³-hybridized carbons (Fsp3) is 0.353. The molecule has 0 bridgehead atoms. The van der Waals surface area contributed by atoms with Gasteiger partial charge in [0.25, 0.3) is 0 Å². The quantitative estimate of drug-likeness (QED) is 0.761. The van der Waals surface area contributed by atoms with Gasteiger partial charge in [0.05, 0.1) is 16.8 Å². The number of rotatable bonds is 5. The molecule has 2 amide bonds. The smallest absolute Gasteiger partial charge is 0.319 e. The second-order valence-electron chi connectivity index (χ2n) is 5.73. The maximum atomic E-state index is 12.2. The third kappa shape index (κ3) is 4.42. The van der Waals surface area contributed by atoms with E-state index in [-0.39, 0.29) is 12.1 Å². The molecule has 0 saturated carbocycles. The highest BCUT2D eigenvalue weighted by Crippen LogP contribution is 2.28. The number of nitrogens with one attached hydrogen (secondary N) is 2. The third-order valence-electron chi connectivity index (χ3n) is 4.09. The van der Waals surface area contributed by atoms with E-state index in [1.165, 1.54) is 17.7 Å². The Morgan fingerprint density at radius 1 is 1.25 bits per heavy atom. The molecule has 0 aliphatic carbocycles. The minimum absolute atomic E-state index is 0.221. The first-order chi connectivity index (χ1) is 11.6. The average Bonchev–Trinajstić information content (AvgIpc) is 3.24. The third-order valence-corrected chi connectivity index (χ3v) is 5.61. The molecule has 3 rings (SSSR count). The second-order valence-corrected chi connectivity index (χ2v) is 7.56. The first-order valence-electron chi connectivity index (χ1n) is 7.91. The van der Waals surface area contributed by atoms with Gasteiger partial charge in [-0.05, 0) is 55.6 Å². The first kappa shape index (κ1) is 17.5. The average molecular weight is 384 g/mol. The van der Waals surface area contributed by atoms with Crippen LogP contribution in [0.4, 0.5) is 10.5 Å². The lowest BCUT2D eigenvalue weighted by Crippen LogP contribution is -2.38. The zero-order valence-electron chi connectivity index (χ0n) is 13.1. The molecule has 1 aromatic heterocycles. The number of likely N-dealkylation sites (tertiary alicyclic amines) is 1. The van der Waals surface area contributed by atoms with E-state index in [9.17, 15) is 4.79 Å². The highest BCUT2D eigenvalue weighted by molar-refractivity contribution is 7.10. The van der Waals surface area contributed by atoms with Crippen LogP contribution in [0, 0.1) is 0 Å². The van der Waals surface area contributed by atoms with Crippen LogP contribution in [0.25, 0.3) is 0 Å². The molecule has 7 heteroatoms. The van der Waals surface area contributed by atoms with Gasteiger partial charge < -0.3 is 10.6 Å². The first-order valence-corrected chi connectivity index (χ1v) is 9.54. The number of benzene rings is 1. The van der Waals surface area contributed by atoms with Gasteiger partial charge in [-0.1, -0.05) is 29.3 Å². The molecule has 0 unspecified atom stereocenters. The molecular formula is C17H19Cl2N3OS. The molecule has 1 atom stereocenters. The van der Waals surface area contributed by atoms with Gasteiger partial charge in [-0.3, -0.25) is 4.90 Å². The summed E-state index contributed by atoms with van der Waals surface area (Å²) < 4.78 is 0. The Morgan fingerprint density at radius 2 is 2.04 bits per heavy atom. The lowest BCUT2D eigenvalue weighted by molar-refractivity contribution is 0.229. The molecule has 2 aromatic rings. The number of carbonyl (C=O) groups is 1. The molecule has 128 valence electrons. The van der Waals surface area contributed by atoms with E-state index in [2.05, 4.69) is 33.0 Å². The van der Waals surface area contributed by atoms with Crippen molar-refractivity contribution >= 4 is 46.3 Å².